The van der Waals surface area contributed by atoms with Gasteiger partial charge < -0.3 is 10.1 Å². The molecule has 112 valence electrons. The number of ether oxygens (including phenoxy) is 1. The number of hydrogen-bond donors (Lipinski definition) is 1. The highest BCUT2D eigenvalue weighted by molar-refractivity contribution is 7.98. The van der Waals surface area contributed by atoms with Gasteiger partial charge in [0.15, 0.2) is 0 Å². The largest absolute Gasteiger partial charge is 0.494 e. The molecule has 0 heterocycles. The van der Waals surface area contributed by atoms with Crippen molar-refractivity contribution >= 4 is 11.8 Å². The highest BCUT2D eigenvalue weighted by Gasteiger charge is 2.16. The lowest BCUT2D eigenvalue weighted by atomic mass is 9.98. The summed E-state index contributed by atoms with van der Waals surface area (Å²) in [6, 6.07) is 17.1. The van der Waals surface area contributed by atoms with Gasteiger partial charge in [0.2, 0.25) is 0 Å². The maximum Gasteiger partial charge on any atom is 0.119 e. The molecule has 0 aromatic heterocycles. The first-order chi connectivity index (χ1) is 10.3. The fourth-order valence-corrected chi connectivity index (χ4v) is 3.10. The Morgan fingerprint density at radius 3 is 2.62 bits per heavy atom. The van der Waals surface area contributed by atoms with Gasteiger partial charge in [-0.15, -0.1) is 11.8 Å². The van der Waals surface area contributed by atoms with Crippen molar-refractivity contribution in [1.82, 2.24) is 5.32 Å². The van der Waals surface area contributed by atoms with Gasteiger partial charge in [0.1, 0.15) is 5.75 Å². The van der Waals surface area contributed by atoms with E-state index in [1.807, 2.05) is 13.0 Å². The van der Waals surface area contributed by atoms with Gasteiger partial charge >= 0.3 is 0 Å². The predicted molar refractivity (Wildman–Crippen MR) is 91.4 cm³/mol. The van der Waals surface area contributed by atoms with E-state index in [0.717, 1.165) is 12.3 Å². The number of thioether (sulfide) groups is 1. The molecule has 2 aromatic rings. The Morgan fingerprint density at radius 2 is 1.90 bits per heavy atom. The third-order valence-electron chi connectivity index (χ3n) is 3.36. The van der Waals surface area contributed by atoms with Crippen LogP contribution in [0.2, 0.25) is 0 Å². The summed E-state index contributed by atoms with van der Waals surface area (Å²) in [6.07, 6.45) is 2.12. The zero-order valence-corrected chi connectivity index (χ0v) is 13.7. The molecule has 0 spiro atoms. The maximum absolute atomic E-state index is 5.63. The first kappa shape index (κ1) is 15.9. The van der Waals surface area contributed by atoms with Gasteiger partial charge in [-0.3, -0.25) is 0 Å². The molecule has 21 heavy (non-hydrogen) atoms. The van der Waals surface area contributed by atoms with Crippen LogP contribution in [0.3, 0.4) is 0 Å². The van der Waals surface area contributed by atoms with Crippen LogP contribution in [-0.2, 0) is 0 Å². The molecule has 1 atom stereocenters. The van der Waals surface area contributed by atoms with Gasteiger partial charge in [0, 0.05) is 4.90 Å². The molecule has 0 bridgehead atoms. The summed E-state index contributed by atoms with van der Waals surface area (Å²) in [4.78, 5) is 1.31. The fraction of sp³-hybridized carbons (Fsp3) is 0.333. The quantitative estimate of drug-likeness (QED) is 0.760. The zero-order chi connectivity index (χ0) is 15.1. The lowest BCUT2D eigenvalue weighted by Crippen LogP contribution is -2.22. The fourth-order valence-electron chi connectivity index (χ4n) is 2.47. The molecule has 0 saturated heterocycles. The Labute approximate surface area is 131 Å². The summed E-state index contributed by atoms with van der Waals surface area (Å²) in [6.45, 7) is 5.77. The van der Waals surface area contributed by atoms with Gasteiger partial charge in [0.25, 0.3) is 0 Å². The van der Waals surface area contributed by atoms with Crippen molar-refractivity contribution in [1.29, 1.82) is 0 Å². The summed E-state index contributed by atoms with van der Waals surface area (Å²) >= 11 is 1.79. The normalized spacial score (nSPS) is 12.1. The number of rotatable bonds is 7. The Balaban J connectivity index is 2.40. The zero-order valence-electron chi connectivity index (χ0n) is 12.9. The van der Waals surface area contributed by atoms with E-state index in [1.165, 1.54) is 16.0 Å². The van der Waals surface area contributed by atoms with Crippen molar-refractivity contribution in [3.63, 3.8) is 0 Å². The smallest absolute Gasteiger partial charge is 0.119 e. The Hall–Kier alpha value is -1.45. The van der Waals surface area contributed by atoms with E-state index in [-0.39, 0.29) is 6.04 Å². The van der Waals surface area contributed by atoms with Gasteiger partial charge in [-0.05, 0) is 49.1 Å². The maximum atomic E-state index is 5.63. The van der Waals surface area contributed by atoms with E-state index in [1.54, 1.807) is 11.8 Å². The summed E-state index contributed by atoms with van der Waals surface area (Å²) in [5, 5.41) is 3.59. The minimum Gasteiger partial charge on any atom is -0.494 e. The molecule has 2 rings (SSSR count). The van der Waals surface area contributed by atoms with Crippen LogP contribution in [0.1, 0.15) is 31.0 Å². The second-order valence-electron chi connectivity index (χ2n) is 4.74. The van der Waals surface area contributed by atoms with Crippen LogP contribution in [0.25, 0.3) is 0 Å². The number of benzene rings is 2. The lowest BCUT2D eigenvalue weighted by Gasteiger charge is -2.22. The predicted octanol–water partition coefficient (Wildman–Crippen LogP) is 4.51. The lowest BCUT2D eigenvalue weighted by molar-refractivity contribution is 0.339. The van der Waals surface area contributed by atoms with Crippen LogP contribution in [0.5, 0.6) is 5.75 Å². The van der Waals surface area contributed by atoms with Crippen molar-refractivity contribution in [2.45, 2.75) is 24.8 Å². The first-order valence-corrected chi connectivity index (χ1v) is 8.61. The molecule has 2 aromatic carbocycles. The van der Waals surface area contributed by atoms with Crippen LogP contribution in [0.15, 0.2) is 53.4 Å². The molecular weight excluding hydrogens is 278 g/mol. The van der Waals surface area contributed by atoms with Gasteiger partial charge in [-0.25, -0.2) is 0 Å². The van der Waals surface area contributed by atoms with Crippen LogP contribution in [0.4, 0.5) is 0 Å². The van der Waals surface area contributed by atoms with E-state index in [2.05, 4.69) is 61.0 Å². The summed E-state index contributed by atoms with van der Waals surface area (Å²) in [5.41, 5.74) is 2.56. The second-order valence-corrected chi connectivity index (χ2v) is 5.59. The van der Waals surface area contributed by atoms with Gasteiger partial charge in [-0.2, -0.15) is 0 Å². The SMILES string of the molecule is CCNC(c1cccc(OCC)c1)c1ccccc1SC. The van der Waals surface area contributed by atoms with E-state index in [4.69, 9.17) is 4.74 Å². The molecule has 1 N–H and O–H groups in total. The summed E-state index contributed by atoms with van der Waals surface area (Å²) in [5.74, 6) is 0.930. The van der Waals surface area contributed by atoms with E-state index < -0.39 is 0 Å². The first-order valence-electron chi connectivity index (χ1n) is 7.39. The molecule has 0 saturated carbocycles. The summed E-state index contributed by atoms with van der Waals surface area (Å²) in [7, 11) is 0. The Kier molecular flexibility index (Phi) is 6.15. The molecule has 0 fully saturated rings. The van der Waals surface area contributed by atoms with Crippen molar-refractivity contribution in [3.8, 4) is 5.75 Å². The third kappa shape index (κ3) is 4.02. The minimum absolute atomic E-state index is 0.194. The number of nitrogens with one attached hydrogen (secondary N) is 1. The highest BCUT2D eigenvalue weighted by atomic mass is 32.2. The molecule has 0 radical (unpaired) electrons. The highest BCUT2D eigenvalue weighted by Crippen LogP contribution is 2.31. The van der Waals surface area contributed by atoms with Crippen molar-refractivity contribution < 1.29 is 4.74 Å². The van der Waals surface area contributed by atoms with Gasteiger partial charge in [-0.1, -0.05) is 37.3 Å². The van der Waals surface area contributed by atoms with Crippen LogP contribution in [0, 0.1) is 0 Å². The average Bonchev–Trinajstić information content (AvgIpc) is 2.53. The standard InChI is InChI=1S/C18H23NOS/c1-4-19-18(16-11-6-7-12-17(16)21-3)14-9-8-10-15(13-14)20-5-2/h6-13,18-19H,4-5H2,1-3H3. The van der Waals surface area contributed by atoms with E-state index in [9.17, 15) is 0 Å². The van der Waals surface area contributed by atoms with Crippen LogP contribution < -0.4 is 10.1 Å². The second kappa shape index (κ2) is 8.11. The molecule has 1 unspecified atom stereocenters. The third-order valence-corrected chi connectivity index (χ3v) is 4.17. The molecule has 0 aliphatic rings. The molecule has 2 nitrogen and oxygen atoms in total. The van der Waals surface area contributed by atoms with Crippen LogP contribution in [-0.4, -0.2) is 19.4 Å². The Morgan fingerprint density at radius 1 is 1.10 bits per heavy atom. The van der Waals surface area contributed by atoms with Crippen LogP contribution >= 0.6 is 11.8 Å². The number of hydrogen-bond acceptors (Lipinski definition) is 3. The van der Waals surface area contributed by atoms with E-state index >= 15 is 0 Å². The monoisotopic (exact) mass is 301 g/mol. The average molecular weight is 301 g/mol. The van der Waals surface area contributed by atoms with Gasteiger partial charge in [0.05, 0.1) is 12.6 Å². The molecule has 0 aliphatic carbocycles. The molecular formula is C18H23NOS. The van der Waals surface area contributed by atoms with Crippen molar-refractivity contribution in [3.05, 3.63) is 59.7 Å². The van der Waals surface area contributed by atoms with Crippen molar-refractivity contribution in [2.24, 2.45) is 0 Å². The molecule has 0 aliphatic heterocycles. The molecule has 3 heteroatoms. The summed E-state index contributed by atoms with van der Waals surface area (Å²) < 4.78 is 5.63. The minimum atomic E-state index is 0.194. The van der Waals surface area contributed by atoms with E-state index in [0.29, 0.717) is 6.61 Å². The molecule has 0 amide bonds. The van der Waals surface area contributed by atoms with Crippen molar-refractivity contribution in [2.75, 3.05) is 19.4 Å². The topological polar surface area (TPSA) is 21.3 Å². The Bertz CT molecular complexity index is 571.